The molecule has 14 heavy (non-hydrogen) atoms. The molecule has 2 atom stereocenters. The molecule has 2 heterocycles. The van der Waals surface area contributed by atoms with Crippen LogP contribution in [0.15, 0.2) is 30.6 Å². The lowest BCUT2D eigenvalue weighted by atomic mass is 10.4. The van der Waals surface area contributed by atoms with Gasteiger partial charge in [-0.15, -0.1) is 0 Å². The molecule has 1 aliphatic rings. The summed E-state index contributed by atoms with van der Waals surface area (Å²) in [5.41, 5.74) is 1.00. The second kappa shape index (κ2) is 2.74. The first-order chi connectivity index (χ1) is 6.84. The van der Waals surface area contributed by atoms with Gasteiger partial charge >= 0.3 is 0 Å². The number of hydrogen-bond donors (Lipinski definition) is 1. The number of pyridine rings is 1. The summed E-state index contributed by atoms with van der Waals surface area (Å²) in [6, 6.07) is 6.81. The van der Waals surface area contributed by atoms with Crippen molar-refractivity contribution in [2.75, 3.05) is 5.32 Å². The smallest absolute Gasteiger partial charge is 0.138 e. The van der Waals surface area contributed by atoms with Gasteiger partial charge in [0, 0.05) is 18.4 Å². The zero-order chi connectivity index (χ0) is 9.54. The van der Waals surface area contributed by atoms with Crippen LogP contribution >= 0.6 is 0 Å². The molecule has 1 saturated carbocycles. The molecule has 2 aromatic heterocycles. The Morgan fingerprint density at radius 1 is 1.50 bits per heavy atom. The molecule has 1 fully saturated rings. The van der Waals surface area contributed by atoms with E-state index in [2.05, 4.69) is 27.7 Å². The first kappa shape index (κ1) is 7.85. The summed E-state index contributed by atoms with van der Waals surface area (Å²) >= 11 is 0. The topological polar surface area (TPSA) is 29.3 Å². The monoisotopic (exact) mass is 187 g/mol. The highest BCUT2D eigenvalue weighted by molar-refractivity contribution is 5.50. The van der Waals surface area contributed by atoms with E-state index in [9.17, 15) is 0 Å². The molecule has 3 rings (SSSR count). The Hall–Kier alpha value is -1.51. The maximum Gasteiger partial charge on any atom is 0.138 e. The lowest BCUT2D eigenvalue weighted by Crippen LogP contribution is -2.06. The van der Waals surface area contributed by atoms with E-state index in [0.29, 0.717) is 6.04 Å². The number of imidazole rings is 1. The summed E-state index contributed by atoms with van der Waals surface area (Å²) in [7, 11) is 0. The molecule has 1 aliphatic carbocycles. The van der Waals surface area contributed by atoms with Gasteiger partial charge in [-0.05, 0) is 24.5 Å². The van der Waals surface area contributed by atoms with Crippen molar-refractivity contribution >= 4 is 11.5 Å². The second-order valence-corrected chi connectivity index (χ2v) is 4.03. The van der Waals surface area contributed by atoms with Crippen molar-refractivity contribution in [2.24, 2.45) is 5.92 Å². The van der Waals surface area contributed by atoms with Gasteiger partial charge in [0.25, 0.3) is 0 Å². The van der Waals surface area contributed by atoms with Crippen molar-refractivity contribution in [2.45, 2.75) is 19.4 Å². The van der Waals surface area contributed by atoms with Gasteiger partial charge in [-0.1, -0.05) is 13.0 Å². The van der Waals surface area contributed by atoms with Gasteiger partial charge in [-0.2, -0.15) is 0 Å². The fourth-order valence-corrected chi connectivity index (χ4v) is 1.78. The highest BCUT2D eigenvalue weighted by Crippen LogP contribution is 2.32. The molecule has 0 aromatic carbocycles. The molecule has 0 bridgehead atoms. The molecule has 0 radical (unpaired) electrons. The van der Waals surface area contributed by atoms with Crippen molar-refractivity contribution < 1.29 is 0 Å². The van der Waals surface area contributed by atoms with Crippen LogP contribution in [0.2, 0.25) is 0 Å². The lowest BCUT2D eigenvalue weighted by Gasteiger charge is -2.07. The molecule has 2 aromatic rings. The van der Waals surface area contributed by atoms with Gasteiger partial charge in [0.2, 0.25) is 0 Å². The van der Waals surface area contributed by atoms with Crippen LogP contribution < -0.4 is 5.32 Å². The van der Waals surface area contributed by atoms with Crippen LogP contribution in [-0.4, -0.2) is 15.4 Å². The summed E-state index contributed by atoms with van der Waals surface area (Å²) in [6.07, 6.45) is 5.10. The summed E-state index contributed by atoms with van der Waals surface area (Å²) in [4.78, 5) is 4.25. The zero-order valence-electron chi connectivity index (χ0n) is 8.14. The number of hydrogen-bond acceptors (Lipinski definition) is 2. The number of fused-ring (bicyclic) bond motifs is 1. The van der Waals surface area contributed by atoms with E-state index in [0.717, 1.165) is 17.4 Å². The fourth-order valence-electron chi connectivity index (χ4n) is 1.78. The Bertz CT molecular complexity index is 460. The zero-order valence-corrected chi connectivity index (χ0v) is 8.14. The molecule has 0 amide bonds. The Morgan fingerprint density at radius 2 is 2.36 bits per heavy atom. The van der Waals surface area contributed by atoms with Crippen molar-refractivity contribution in [3.05, 3.63) is 30.6 Å². The summed E-state index contributed by atoms with van der Waals surface area (Å²) in [6.45, 7) is 2.27. The van der Waals surface area contributed by atoms with E-state index in [4.69, 9.17) is 0 Å². The predicted octanol–water partition coefficient (Wildman–Crippen LogP) is 2.15. The van der Waals surface area contributed by atoms with E-state index < -0.39 is 0 Å². The average molecular weight is 187 g/mol. The largest absolute Gasteiger partial charge is 0.368 e. The quantitative estimate of drug-likeness (QED) is 0.780. The Labute approximate surface area is 82.8 Å². The van der Waals surface area contributed by atoms with Crippen LogP contribution in [-0.2, 0) is 0 Å². The average Bonchev–Trinajstić information content (AvgIpc) is 2.69. The van der Waals surface area contributed by atoms with E-state index in [1.807, 2.05) is 24.5 Å². The number of nitrogens with one attached hydrogen (secondary N) is 1. The summed E-state index contributed by atoms with van der Waals surface area (Å²) < 4.78 is 2.09. The van der Waals surface area contributed by atoms with Crippen LogP contribution in [0.4, 0.5) is 5.82 Å². The summed E-state index contributed by atoms with van der Waals surface area (Å²) in [5, 5.41) is 3.52. The van der Waals surface area contributed by atoms with Crippen LogP contribution in [0.3, 0.4) is 0 Å². The van der Waals surface area contributed by atoms with Gasteiger partial charge < -0.3 is 5.32 Å². The molecular formula is C11H13N3. The number of rotatable bonds is 2. The third-order valence-corrected chi connectivity index (χ3v) is 2.87. The lowest BCUT2D eigenvalue weighted by molar-refractivity contribution is 0.919. The van der Waals surface area contributed by atoms with Crippen molar-refractivity contribution in [1.29, 1.82) is 0 Å². The maximum absolute atomic E-state index is 4.25. The van der Waals surface area contributed by atoms with Crippen molar-refractivity contribution in [3.8, 4) is 0 Å². The van der Waals surface area contributed by atoms with E-state index >= 15 is 0 Å². The SMILES string of the molecule is CC1CC1Nc1cccc2nccn12. The molecular weight excluding hydrogens is 174 g/mol. The van der Waals surface area contributed by atoms with Gasteiger partial charge in [0.1, 0.15) is 11.5 Å². The van der Waals surface area contributed by atoms with E-state index in [-0.39, 0.29) is 0 Å². The maximum atomic E-state index is 4.25. The van der Waals surface area contributed by atoms with Gasteiger partial charge in [0.15, 0.2) is 0 Å². The minimum absolute atomic E-state index is 0.656. The minimum Gasteiger partial charge on any atom is -0.368 e. The first-order valence-corrected chi connectivity index (χ1v) is 5.03. The Morgan fingerprint density at radius 3 is 3.14 bits per heavy atom. The first-order valence-electron chi connectivity index (χ1n) is 5.03. The number of aromatic nitrogens is 2. The highest BCUT2D eigenvalue weighted by atomic mass is 15.1. The van der Waals surface area contributed by atoms with Crippen LogP contribution in [0.1, 0.15) is 13.3 Å². The standard InChI is InChI=1S/C11H13N3/c1-8-7-9(8)13-11-4-2-3-10-12-5-6-14(10)11/h2-6,8-9,13H,7H2,1H3. The van der Waals surface area contributed by atoms with E-state index in [1.165, 1.54) is 6.42 Å². The molecule has 0 spiro atoms. The number of anilines is 1. The molecule has 72 valence electrons. The molecule has 0 saturated heterocycles. The summed E-state index contributed by atoms with van der Waals surface area (Å²) in [5.74, 6) is 1.96. The van der Waals surface area contributed by atoms with Gasteiger partial charge in [-0.3, -0.25) is 4.40 Å². The van der Waals surface area contributed by atoms with Crippen molar-refractivity contribution in [1.82, 2.24) is 9.38 Å². The Balaban J connectivity index is 1.98. The van der Waals surface area contributed by atoms with Crippen LogP contribution in [0.25, 0.3) is 5.65 Å². The van der Waals surface area contributed by atoms with Crippen molar-refractivity contribution in [3.63, 3.8) is 0 Å². The van der Waals surface area contributed by atoms with Gasteiger partial charge in [-0.25, -0.2) is 4.98 Å². The third-order valence-electron chi connectivity index (χ3n) is 2.87. The second-order valence-electron chi connectivity index (χ2n) is 4.03. The van der Waals surface area contributed by atoms with Crippen LogP contribution in [0, 0.1) is 5.92 Å². The molecule has 1 N–H and O–H groups in total. The molecule has 3 nitrogen and oxygen atoms in total. The molecule has 2 unspecified atom stereocenters. The van der Waals surface area contributed by atoms with E-state index in [1.54, 1.807) is 0 Å². The minimum atomic E-state index is 0.656. The molecule has 0 aliphatic heterocycles. The highest BCUT2D eigenvalue weighted by Gasteiger charge is 2.32. The third kappa shape index (κ3) is 1.16. The predicted molar refractivity (Wildman–Crippen MR) is 56.4 cm³/mol. The van der Waals surface area contributed by atoms with Gasteiger partial charge in [0.05, 0.1) is 0 Å². The fraction of sp³-hybridized carbons (Fsp3) is 0.364. The molecule has 3 heteroatoms. The normalized spacial score (nSPS) is 25.2. The Kier molecular flexibility index (Phi) is 1.54. The number of nitrogens with zero attached hydrogens (tertiary/aromatic N) is 2. The van der Waals surface area contributed by atoms with Crippen LogP contribution in [0.5, 0.6) is 0 Å².